The van der Waals surface area contributed by atoms with Gasteiger partial charge in [-0.05, 0) is 97.9 Å². The highest BCUT2D eigenvalue weighted by molar-refractivity contribution is 9.11. The summed E-state index contributed by atoms with van der Waals surface area (Å²) in [5.41, 5.74) is 1.46. The first-order valence-corrected chi connectivity index (χ1v) is 12.7. The van der Waals surface area contributed by atoms with Crippen LogP contribution in [-0.4, -0.2) is 21.8 Å². The lowest BCUT2D eigenvalue weighted by atomic mass is 10.0. The molecular weight excluding hydrogens is 640 g/mol. The normalized spacial score (nSPS) is 10.5. The van der Waals surface area contributed by atoms with Gasteiger partial charge < -0.3 is 9.47 Å². The highest BCUT2D eigenvalue weighted by Gasteiger charge is 2.18. The molecule has 4 rings (SSSR count). The third kappa shape index (κ3) is 6.92. The van der Waals surface area contributed by atoms with Gasteiger partial charge in [-0.2, -0.15) is 0 Å². The number of ether oxygens (including phenoxy) is 2. The quantitative estimate of drug-likeness (QED) is 0.0851. The molecule has 0 bridgehead atoms. The lowest BCUT2D eigenvalue weighted by Gasteiger charge is -2.08. The number of carbonyl (C=O) groups excluding carboxylic acids is 2. The van der Waals surface area contributed by atoms with Gasteiger partial charge in [0.25, 0.3) is 11.4 Å². The zero-order valence-electron chi connectivity index (χ0n) is 19.7. The van der Waals surface area contributed by atoms with Crippen LogP contribution in [0, 0.1) is 20.2 Å². The summed E-state index contributed by atoms with van der Waals surface area (Å²) in [5, 5.41) is 22.2. The van der Waals surface area contributed by atoms with Crippen LogP contribution in [0.2, 0.25) is 0 Å². The molecule has 0 saturated carbocycles. The summed E-state index contributed by atoms with van der Waals surface area (Å²) in [6, 6.07) is 21.6. The molecule has 196 valence electrons. The third-order valence-electron chi connectivity index (χ3n) is 5.43. The van der Waals surface area contributed by atoms with Crippen molar-refractivity contribution in [1.29, 1.82) is 0 Å². The van der Waals surface area contributed by atoms with Gasteiger partial charge in [0.2, 0.25) is 0 Å². The Morgan fingerprint density at radius 3 is 1.31 bits per heavy atom. The number of esters is 2. The van der Waals surface area contributed by atoms with E-state index in [-0.39, 0.29) is 42.9 Å². The summed E-state index contributed by atoms with van der Waals surface area (Å²) in [7, 11) is 0. The van der Waals surface area contributed by atoms with E-state index in [4.69, 9.17) is 9.47 Å². The monoisotopic (exact) mass is 654 g/mol. The number of hydrogen-bond donors (Lipinski definition) is 0. The van der Waals surface area contributed by atoms with Crippen LogP contribution < -0.4 is 9.47 Å². The summed E-state index contributed by atoms with van der Waals surface area (Å²) in [5.74, 6) is -0.878. The van der Waals surface area contributed by atoms with Gasteiger partial charge in [-0.3, -0.25) is 20.2 Å². The molecule has 0 aliphatic heterocycles. The SMILES string of the molecule is O=C(Oc1ccc(Cc2ccc(OC(=O)c3ccc(Br)c([N+](=O)[O-])c3)cc2)cc1)c1ccc(Br)c([N+](=O)[O-])c1. The van der Waals surface area contributed by atoms with Gasteiger partial charge in [-0.25, -0.2) is 9.59 Å². The second-order valence-corrected chi connectivity index (χ2v) is 9.80. The predicted octanol–water partition coefficient (Wildman–Crippen LogP) is 7.06. The maximum atomic E-state index is 12.4. The highest BCUT2D eigenvalue weighted by Crippen LogP contribution is 2.28. The van der Waals surface area contributed by atoms with E-state index in [9.17, 15) is 29.8 Å². The van der Waals surface area contributed by atoms with E-state index in [0.29, 0.717) is 6.42 Å². The third-order valence-corrected chi connectivity index (χ3v) is 6.77. The second-order valence-electron chi connectivity index (χ2n) is 8.09. The Kier molecular flexibility index (Phi) is 8.47. The number of benzene rings is 4. The van der Waals surface area contributed by atoms with Crippen molar-refractivity contribution in [1.82, 2.24) is 0 Å². The Balaban J connectivity index is 1.36. The summed E-state index contributed by atoms with van der Waals surface area (Å²) in [6.45, 7) is 0. The molecule has 4 aromatic rings. The summed E-state index contributed by atoms with van der Waals surface area (Å²) in [6.07, 6.45) is 0.542. The molecule has 0 heterocycles. The molecule has 0 fully saturated rings. The molecule has 39 heavy (non-hydrogen) atoms. The standard InChI is InChI=1S/C27H16Br2N2O8/c28-22-11-5-18(14-24(22)30(34)35)26(32)38-20-7-1-16(2-8-20)13-17-3-9-21(10-4-17)39-27(33)19-6-12-23(29)25(15-19)31(36)37/h1-12,14-15H,13H2. The van der Waals surface area contributed by atoms with E-state index in [1.165, 1.54) is 24.3 Å². The van der Waals surface area contributed by atoms with Gasteiger partial charge in [-0.1, -0.05) is 24.3 Å². The lowest BCUT2D eigenvalue weighted by molar-refractivity contribution is -0.385. The summed E-state index contributed by atoms with van der Waals surface area (Å²) >= 11 is 6.15. The van der Waals surface area contributed by atoms with E-state index in [1.807, 2.05) is 0 Å². The molecule has 0 unspecified atom stereocenters. The largest absolute Gasteiger partial charge is 0.423 e. The second kappa shape index (κ2) is 12.0. The smallest absolute Gasteiger partial charge is 0.343 e. The lowest BCUT2D eigenvalue weighted by Crippen LogP contribution is -2.09. The first-order valence-electron chi connectivity index (χ1n) is 11.1. The first kappa shape index (κ1) is 27.6. The topological polar surface area (TPSA) is 139 Å². The van der Waals surface area contributed by atoms with Gasteiger partial charge in [0, 0.05) is 12.1 Å². The van der Waals surface area contributed by atoms with Crippen LogP contribution in [0.1, 0.15) is 31.8 Å². The number of nitro benzene ring substituents is 2. The molecule has 12 heteroatoms. The Hall–Kier alpha value is -4.42. The molecule has 0 saturated heterocycles. The molecule has 0 N–H and O–H groups in total. The van der Waals surface area contributed by atoms with Crippen LogP contribution in [0.5, 0.6) is 11.5 Å². The van der Waals surface area contributed by atoms with E-state index in [0.717, 1.165) is 23.3 Å². The molecule has 0 spiro atoms. The van der Waals surface area contributed by atoms with Crippen molar-refractivity contribution in [2.75, 3.05) is 0 Å². The van der Waals surface area contributed by atoms with Gasteiger partial charge >= 0.3 is 11.9 Å². The van der Waals surface area contributed by atoms with E-state index < -0.39 is 21.8 Å². The molecule has 0 aliphatic rings. The van der Waals surface area contributed by atoms with Crippen molar-refractivity contribution in [3.63, 3.8) is 0 Å². The Morgan fingerprint density at radius 2 is 0.974 bits per heavy atom. The molecule has 0 amide bonds. The summed E-state index contributed by atoms with van der Waals surface area (Å²) < 4.78 is 11.2. The van der Waals surface area contributed by atoms with Crippen LogP contribution in [0.25, 0.3) is 0 Å². The number of rotatable bonds is 8. The minimum Gasteiger partial charge on any atom is -0.423 e. The average molecular weight is 656 g/mol. The molecule has 0 aromatic heterocycles. The molecule has 0 radical (unpaired) electrons. The fourth-order valence-corrected chi connectivity index (χ4v) is 4.26. The fraction of sp³-hybridized carbons (Fsp3) is 0.0370. The number of nitrogens with zero attached hydrogens (tertiary/aromatic N) is 2. The van der Waals surface area contributed by atoms with Gasteiger partial charge in [0.1, 0.15) is 11.5 Å². The number of halogens is 2. The number of nitro groups is 2. The maximum absolute atomic E-state index is 12.4. The predicted molar refractivity (Wildman–Crippen MR) is 147 cm³/mol. The van der Waals surface area contributed by atoms with Gasteiger partial charge in [-0.15, -0.1) is 0 Å². The van der Waals surface area contributed by atoms with Crippen LogP contribution in [0.15, 0.2) is 93.9 Å². The minimum atomic E-state index is -0.721. The van der Waals surface area contributed by atoms with Crippen LogP contribution in [0.4, 0.5) is 11.4 Å². The maximum Gasteiger partial charge on any atom is 0.343 e. The van der Waals surface area contributed by atoms with Crippen molar-refractivity contribution in [3.8, 4) is 11.5 Å². The van der Waals surface area contributed by atoms with Crippen molar-refractivity contribution in [2.45, 2.75) is 6.42 Å². The van der Waals surface area contributed by atoms with Gasteiger partial charge in [0.15, 0.2) is 0 Å². The molecule has 4 aromatic carbocycles. The Labute approximate surface area is 237 Å². The molecule has 0 atom stereocenters. The highest BCUT2D eigenvalue weighted by atomic mass is 79.9. The first-order chi connectivity index (χ1) is 18.6. The van der Waals surface area contributed by atoms with Crippen molar-refractivity contribution < 1.29 is 28.9 Å². The molecule has 0 aliphatic carbocycles. The van der Waals surface area contributed by atoms with Crippen LogP contribution in [-0.2, 0) is 6.42 Å². The van der Waals surface area contributed by atoms with E-state index in [2.05, 4.69) is 31.9 Å². The van der Waals surface area contributed by atoms with E-state index in [1.54, 1.807) is 48.5 Å². The van der Waals surface area contributed by atoms with Crippen LogP contribution in [0.3, 0.4) is 0 Å². The van der Waals surface area contributed by atoms with Crippen molar-refractivity contribution >= 4 is 55.2 Å². The van der Waals surface area contributed by atoms with E-state index >= 15 is 0 Å². The fourth-order valence-electron chi connectivity index (χ4n) is 3.48. The van der Waals surface area contributed by atoms with Crippen molar-refractivity contribution in [2.24, 2.45) is 0 Å². The minimum absolute atomic E-state index is 0.0492. The average Bonchev–Trinajstić information content (AvgIpc) is 2.91. The molecular formula is C27H16Br2N2O8. The Morgan fingerprint density at radius 1 is 0.615 bits per heavy atom. The number of carbonyl (C=O) groups is 2. The van der Waals surface area contributed by atoms with Crippen LogP contribution >= 0.6 is 31.9 Å². The zero-order valence-corrected chi connectivity index (χ0v) is 22.9. The summed E-state index contributed by atoms with van der Waals surface area (Å²) in [4.78, 5) is 45.8. The molecule has 10 nitrogen and oxygen atoms in total. The van der Waals surface area contributed by atoms with Crippen molar-refractivity contribution in [3.05, 3.63) is 136 Å². The number of hydrogen-bond acceptors (Lipinski definition) is 8. The zero-order chi connectivity index (χ0) is 28.1. The Bertz CT molecular complexity index is 1470. The van der Waals surface area contributed by atoms with Gasteiger partial charge in [0.05, 0.1) is 29.9 Å².